The van der Waals surface area contributed by atoms with Crippen molar-refractivity contribution in [3.63, 3.8) is 0 Å². The molecule has 3 aliphatic rings. The molecule has 2 N–H and O–H groups in total. The van der Waals surface area contributed by atoms with Crippen LogP contribution in [0.3, 0.4) is 0 Å². The number of rotatable bonds is 4. The highest BCUT2D eigenvalue weighted by Gasteiger charge is 2.49. The normalized spacial score (nSPS) is 24.9. The zero-order chi connectivity index (χ0) is 23.4. The molecule has 1 unspecified atom stereocenters. The van der Waals surface area contributed by atoms with Gasteiger partial charge in [0.25, 0.3) is 0 Å². The van der Waals surface area contributed by atoms with E-state index in [1.165, 1.54) is 24.2 Å². The van der Waals surface area contributed by atoms with Crippen molar-refractivity contribution in [2.45, 2.75) is 31.7 Å². The number of amides is 3. The molecule has 0 bridgehead atoms. The van der Waals surface area contributed by atoms with Gasteiger partial charge in [0.15, 0.2) is 18.3 Å². The lowest BCUT2D eigenvalue weighted by Gasteiger charge is -2.41. The summed E-state index contributed by atoms with van der Waals surface area (Å²) < 4.78 is 4.94. The molecule has 3 amide bonds. The van der Waals surface area contributed by atoms with Gasteiger partial charge in [0.05, 0.1) is 5.92 Å². The van der Waals surface area contributed by atoms with E-state index in [1.807, 2.05) is 12.1 Å². The first-order valence-electron chi connectivity index (χ1n) is 11.3. The molecular weight excluding hydrogens is 424 g/mol. The predicted molar refractivity (Wildman–Crippen MR) is 121 cm³/mol. The Morgan fingerprint density at radius 2 is 1.85 bits per heavy atom. The fourth-order valence-electron chi connectivity index (χ4n) is 4.75. The van der Waals surface area contributed by atoms with Crippen molar-refractivity contribution >= 4 is 35.1 Å². The van der Waals surface area contributed by atoms with Crippen LogP contribution >= 0.6 is 0 Å². The summed E-state index contributed by atoms with van der Waals surface area (Å²) in [6.45, 7) is 2.27. The monoisotopic (exact) mass is 452 g/mol. The Labute approximate surface area is 192 Å². The Morgan fingerprint density at radius 1 is 1.12 bits per heavy atom. The molecule has 3 heterocycles. The number of likely N-dealkylation sites (tertiary alicyclic amines) is 1. The minimum absolute atomic E-state index is 0.0709. The Balaban J connectivity index is 1.40. The van der Waals surface area contributed by atoms with Crippen LogP contribution in [0, 0.1) is 24.2 Å². The van der Waals surface area contributed by atoms with Crippen molar-refractivity contribution in [1.82, 2.24) is 10.2 Å². The quantitative estimate of drug-likeness (QED) is 0.528. The first kappa shape index (κ1) is 22.6. The molecule has 1 aromatic rings. The van der Waals surface area contributed by atoms with Crippen LogP contribution in [0.5, 0.6) is 0 Å². The van der Waals surface area contributed by atoms with Gasteiger partial charge in [-0.1, -0.05) is 5.92 Å². The van der Waals surface area contributed by atoms with Gasteiger partial charge in [-0.15, -0.1) is 6.42 Å². The third-order valence-electron chi connectivity index (χ3n) is 6.51. The number of carbonyl (C=O) groups excluding carboxylic acids is 4. The number of hydrogen-bond acceptors (Lipinski definition) is 6. The zero-order valence-electron chi connectivity index (χ0n) is 18.4. The number of nitrogens with one attached hydrogen (secondary N) is 2. The van der Waals surface area contributed by atoms with Crippen molar-refractivity contribution < 1.29 is 23.9 Å². The van der Waals surface area contributed by atoms with E-state index in [1.54, 1.807) is 12.1 Å². The number of fused-ring (bicyclic) bond motifs is 1. The molecule has 174 valence electrons. The second kappa shape index (κ2) is 9.94. The van der Waals surface area contributed by atoms with Crippen LogP contribution < -0.4 is 15.5 Å². The third-order valence-corrected chi connectivity index (χ3v) is 6.51. The largest absolute Gasteiger partial charge is 0.436 e. The maximum atomic E-state index is 13.1. The van der Waals surface area contributed by atoms with Crippen molar-refractivity contribution in [2.24, 2.45) is 11.8 Å². The molecule has 33 heavy (non-hydrogen) atoms. The van der Waals surface area contributed by atoms with Crippen LogP contribution in [0.4, 0.5) is 16.2 Å². The van der Waals surface area contributed by atoms with Gasteiger partial charge in [0.2, 0.25) is 11.8 Å². The Bertz CT molecular complexity index is 964. The summed E-state index contributed by atoms with van der Waals surface area (Å²) in [5.41, 5.74) is 1.60. The number of piperidine rings is 3. The van der Waals surface area contributed by atoms with Gasteiger partial charge in [-0.3, -0.25) is 14.4 Å². The maximum absolute atomic E-state index is 13.1. The average Bonchev–Trinajstić information content (AvgIpc) is 2.83. The highest BCUT2D eigenvalue weighted by atomic mass is 16.6. The molecule has 3 aliphatic heterocycles. The smallest absolute Gasteiger partial charge is 0.410 e. The minimum atomic E-state index is -1.46. The average molecular weight is 453 g/mol. The van der Waals surface area contributed by atoms with Gasteiger partial charge in [0.1, 0.15) is 0 Å². The lowest BCUT2D eigenvalue weighted by molar-refractivity contribution is -0.147. The zero-order valence-corrected chi connectivity index (χ0v) is 18.4. The molecule has 3 atom stereocenters. The third kappa shape index (κ3) is 4.95. The topological polar surface area (TPSA) is 108 Å². The van der Waals surface area contributed by atoms with E-state index in [-0.39, 0.29) is 13.2 Å². The summed E-state index contributed by atoms with van der Waals surface area (Å²) in [7, 11) is 0. The standard InChI is InChI=1S/C24H28N4O5/c1-2-14-33-24(32)28-13-10-19-18(15-28)21(29)20(23(31)26-19)22(30)25-16-6-8-17(9-7-16)27-11-4-3-5-12-27/h1,6-9,18-20H,3-5,10-15H2,(H,25,30)(H,26,31)/t18-,19-,20?/m0/s1. The van der Waals surface area contributed by atoms with Crippen molar-refractivity contribution in [1.29, 1.82) is 0 Å². The second-order valence-corrected chi connectivity index (χ2v) is 8.63. The number of benzene rings is 1. The number of ether oxygens (including phenoxy) is 1. The molecule has 0 aromatic heterocycles. The summed E-state index contributed by atoms with van der Waals surface area (Å²) in [6, 6.07) is 7.01. The Hall–Kier alpha value is -3.54. The van der Waals surface area contributed by atoms with E-state index >= 15 is 0 Å². The van der Waals surface area contributed by atoms with Gasteiger partial charge >= 0.3 is 6.09 Å². The minimum Gasteiger partial charge on any atom is -0.436 e. The molecule has 4 rings (SSSR count). The van der Waals surface area contributed by atoms with E-state index in [0.717, 1.165) is 18.8 Å². The Morgan fingerprint density at radius 3 is 2.55 bits per heavy atom. The number of hydrogen-bond donors (Lipinski definition) is 2. The summed E-state index contributed by atoms with van der Waals surface area (Å²) in [6.07, 6.45) is 8.49. The van der Waals surface area contributed by atoms with Crippen molar-refractivity contribution in [3.8, 4) is 12.3 Å². The second-order valence-electron chi connectivity index (χ2n) is 8.63. The number of Topliss-reactive ketones (excluding diaryl/α,β-unsaturated/α-hetero) is 1. The number of nitrogens with zero attached hydrogens (tertiary/aromatic N) is 2. The van der Waals surface area contributed by atoms with E-state index < -0.39 is 41.6 Å². The first-order valence-corrected chi connectivity index (χ1v) is 11.3. The lowest BCUT2D eigenvalue weighted by Crippen LogP contribution is -2.63. The van der Waals surface area contributed by atoms with E-state index in [4.69, 9.17) is 11.2 Å². The summed E-state index contributed by atoms with van der Waals surface area (Å²) in [4.78, 5) is 54.4. The van der Waals surface area contributed by atoms with Crippen LogP contribution in [0.15, 0.2) is 24.3 Å². The molecule has 9 nitrogen and oxygen atoms in total. The summed E-state index contributed by atoms with van der Waals surface area (Å²) in [5, 5.41) is 5.48. The van der Waals surface area contributed by atoms with Gasteiger partial charge in [-0.25, -0.2) is 4.79 Å². The maximum Gasteiger partial charge on any atom is 0.410 e. The highest BCUT2D eigenvalue weighted by Crippen LogP contribution is 2.28. The summed E-state index contributed by atoms with van der Waals surface area (Å²) in [5.74, 6) is -1.67. The fourth-order valence-corrected chi connectivity index (χ4v) is 4.75. The van der Waals surface area contributed by atoms with Crippen LogP contribution in [0.25, 0.3) is 0 Å². The lowest BCUT2D eigenvalue weighted by atomic mass is 9.78. The van der Waals surface area contributed by atoms with Crippen LogP contribution in [0.1, 0.15) is 25.7 Å². The number of anilines is 2. The fraction of sp³-hybridized carbons (Fsp3) is 0.500. The van der Waals surface area contributed by atoms with Gasteiger partial charge in [-0.2, -0.15) is 0 Å². The van der Waals surface area contributed by atoms with Gasteiger partial charge in [0, 0.05) is 43.6 Å². The van der Waals surface area contributed by atoms with Crippen molar-refractivity contribution in [3.05, 3.63) is 24.3 Å². The molecular formula is C24H28N4O5. The molecule has 1 aromatic carbocycles. The van der Waals surface area contributed by atoms with E-state index in [2.05, 4.69) is 21.5 Å². The highest BCUT2D eigenvalue weighted by molar-refractivity contribution is 6.23. The first-order chi connectivity index (χ1) is 16.0. The van der Waals surface area contributed by atoms with E-state index in [0.29, 0.717) is 18.7 Å². The molecule has 0 radical (unpaired) electrons. The number of ketones is 1. The number of terminal acetylenes is 1. The van der Waals surface area contributed by atoms with Crippen LogP contribution in [-0.2, 0) is 19.1 Å². The van der Waals surface area contributed by atoms with Gasteiger partial charge in [-0.05, 0) is 49.9 Å². The van der Waals surface area contributed by atoms with Crippen LogP contribution in [-0.4, -0.2) is 67.4 Å². The van der Waals surface area contributed by atoms with E-state index in [9.17, 15) is 19.2 Å². The Kier molecular flexibility index (Phi) is 6.82. The molecule has 3 saturated heterocycles. The molecule has 0 saturated carbocycles. The van der Waals surface area contributed by atoms with Crippen molar-refractivity contribution in [2.75, 3.05) is 43.0 Å². The number of carbonyl (C=O) groups is 4. The molecule has 0 aliphatic carbocycles. The summed E-state index contributed by atoms with van der Waals surface area (Å²) >= 11 is 0. The predicted octanol–water partition coefficient (Wildman–Crippen LogP) is 1.39. The SMILES string of the molecule is C#CCOC(=O)N1CC[C@@H]2NC(=O)C(C(=O)Nc3ccc(N4CCCCC4)cc3)C(=O)[C@H]2C1. The molecule has 3 fully saturated rings. The molecule has 0 spiro atoms. The van der Waals surface area contributed by atoms with Gasteiger partial charge < -0.3 is 25.2 Å². The molecule has 9 heteroatoms. The van der Waals surface area contributed by atoms with Crippen LogP contribution in [0.2, 0.25) is 0 Å².